The van der Waals surface area contributed by atoms with Crippen LogP contribution in [0.3, 0.4) is 0 Å². The van der Waals surface area contributed by atoms with Crippen LogP contribution in [0.4, 0.5) is 18.0 Å². The molecular formula is C27H25ClF3N5O3S. The lowest BCUT2D eigenvalue weighted by Gasteiger charge is -2.34. The summed E-state index contributed by atoms with van der Waals surface area (Å²) in [6.45, 7) is 4.87. The van der Waals surface area contributed by atoms with Gasteiger partial charge in [0.2, 0.25) is 5.91 Å². The molecule has 0 aliphatic carbocycles. The number of piperazine rings is 1. The number of nitrogens with zero attached hydrogens (tertiary/aromatic N) is 5. The Hall–Kier alpha value is -3.35. The van der Waals surface area contributed by atoms with E-state index < -0.39 is 11.7 Å². The van der Waals surface area contributed by atoms with Crippen LogP contribution in [0.15, 0.2) is 47.5 Å². The molecule has 0 N–H and O–H groups in total. The number of hydrogen-bond donors (Lipinski definition) is 0. The van der Waals surface area contributed by atoms with Crippen LogP contribution in [-0.2, 0) is 22.3 Å². The summed E-state index contributed by atoms with van der Waals surface area (Å²) in [6, 6.07) is 8.89. The van der Waals surface area contributed by atoms with Crippen molar-refractivity contribution in [2.45, 2.75) is 19.6 Å². The average Bonchev–Trinajstić information content (AvgIpc) is 3.42. The number of thioether (sulfide) groups is 1. The Labute approximate surface area is 237 Å². The highest BCUT2D eigenvalue weighted by atomic mass is 35.5. The number of aromatic nitrogens is 2. The van der Waals surface area contributed by atoms with Crippen LogP contribution in [0.2, 0.25) is 5.02 Å². The van der Waals surface area contributed by atoms with Crippen molar-refractivity contribution in [3.05, 3.63) is 69.2 Å². The molecule has 40 heavy (non-hydrogen) atoms. The van der Waals surface area contributed by atoms with Gasteiger partial charge in [-0.1, -0.05) is 23.7 Å². The van der Waals surface area contributed by atoms with Crippen molar-refractivity contribution in [3.63, 3.8) is 0 Å². The van der Waals surface area contributed by atoms with Gasteiger partial charge in [0.05, 0.1) is 28.7 Å². The summed E-state index contributed by atoms with van der Waals surface area (Å²) in [7, 11) is 0. The van der Waals surface area contributed by atoms with Gasteiger partial charge in [-0.15, -0.1) is 0 Å². The second kappa shape index (κ2) is 11.3. The minimum Gasteiger partial charge on any atom is -0.340 e. The maximum Gasteiger partial charge on any atom is 0.416 e. The van der Waals surface area contributed by atoms with E-state index in [0.717, 1.165) is 17.8 Å². The molecule has 5 rings (SSSR count). The van der Waals surface area contributed by atoms with Gasteiger partial charge >= 0.3 is 6.18 Å². The van der Waals surface area contributed by atoms with Gasteiger partial charge in [-0.3, -0.25) is 28.9 Å². The lowest BCUT2D eigenvalue weighted by Crippen LogP contribution is -2.50. The molecule has 0 unspecified atom stereocenters. The van der Waals surface area contributed by atoms with Crippen LogP contribution in [0.1, 0.15) is 23.6 Å². The van der Waals surface area contributed by atoms with E-state index in [2.05, 4.69) is 10.00 Å². The maximum absolute atomic E-state index is 13.5. The Balaban J connectivity index is 1.27. The van der Waals surface area contributed by atoms with Gasteiger partial charge in [0.15, 0.2) is 0 Å². The van der Waals surface area contributed by atoms with E-state index in [1.54, 1.807) is 42.3 Å². The van der Waals surface area contributed by atoms with Gasteiger partial charge in [0, 0.05) is 56.6 Å². The standard InChI is InChI=1S/C27H25ClF3N5O3S/c1-17(37)34-9-6-33(7-10-34)8-11-35-25(38)24(40-26(35)39)13-18-2-5-23-20(12-18)15-32-36(23)16-19-3-4-21(28)14-22(19)27(29,30)31/h2-5,12-15H,6-11,16H2,1H3. The van der Waals surface area contributed by atoms with E-state index in [1.807, 2.05) is 0 Å². The summed E-state index contributed by atoms with van der Waals surface area (Å²) in [5.74, 6) is -0.325. The van der Waals surface area contributed by atoms with Crippen molar-refractivity contribution >= 4 is 57.4 Å². The number of rotatable bonds is 6. The number of imide groups is 1. The third-order valence-corrected chi connectivity index (χ3v) is 8.13. The monoisotopic (exact) mass is 591 g/mol. The molecule has 3 amide bonds. The minimum atomic E-state index is -4.55. The normalized spacial score (nSPS) is 18.0. The lowest BCUT2D eigenvalue weighted by molar-refractivity contribution is -0.138. The molecule has 2 aliphatic rings. The molecule has 3 heterocycles. The number of carbonyl (C=O) groups is 3. The lowest BCUT2D eigenvalue weighted by atomic mass is 10.1. The van der Waals surface area contributed by atoms with Crippen LogP contribution in [0.5, 0.6) is 0 Å². The molecule has 0 saturated carbocycles. The number of amides is 3. The van der Waals surface area contributed by atoms with Crippen molar-refractivity contribution in [1.29, 1.82) is 0 Å². The van der Waals surface area contributed by atoms with Gasteiger partial charge in [0.25, 0.3) is 11.1 Å². The number of fused-ring (bicyclic) bond motifs is 1. The zero-order valence-corrected chi connectivity index (χ0v) is 23.0. The van der Waals surface area contributed by atoms with Gasteiger partial charge in [-0.2, -0.15) is 18.3 Å². The molecule has 0 radical (unpaired) electrons. The minimum absolute atomic E-state index is 0.00274. The maximum atomic E-state index is 13.5. The molecule has 2 fully saturated rings. The second-order valence-corrected chi connectivity index (χ2v) is 11.0. The fraction of sp³-hybridized carbons (Fsp3) is 0.333. The Morgan fingerprint density at radius 1 is 1.07 bits per heavy atom. The first kappa shape index (κ1) is 28.2. The number of carbonyl (C=O) groups excluding carboxylic acids is 3. The smallest absolute Gasteiger partial charge is 0.340 e. The van der Waals surface area contributed by atoms with Crippen LogP contribution in [0, 0.1) is 0 Å². The summed E-state index contributed by atoms with van der Waals surface area (Å²) in [6.07, 6.45) is -1.37. The zero-order valence-electron chi connectivity index (χ0n) is 21.4. The van der Waals surface area contributed by atoms with Crippen LogP contribution >= 0.6 is 23.4 Å². The third kappa shape index (κ3) is 6.03. The first-order valence-electron chi connectivity index (χ1n) is 12.5. The molecule has 2 saturated heterocycles. The Kier molecular flexibility index (Phi) is 7.94. The van der Waals surface area contributed by atoms with Gasteiger partial charge < -0.3 is 4.90 Å². The van der Waals surface area contributed by atoms with Crippen molar-refractivity contribution in [2.24, 2.45) is 0 Å². The predicted octanol–water partition coefficient (Wildman–Crippen LogP) is 4.96. The Morgan fingerprint density at radius 3 is 2.52 bits per heavy atom. The average molecular weight is 592 g/mol. The Morgan fingerprint density at radius 2 is 1.82 bits per heavy atom. The molecule has 0 atom stereocenters. The van der Waals surface area contributed by atoms with Crippen LogP contribution in [-0.4, -0.2) is 80.8 Å². The molecule has 3 aromatic rings. The number of hydrogen-bond acceptors (Lipinski definition) is 6. The summed E-state index contributed by atoms with van der Waals surface area (Å²) in [4.78, 5) is 42.5. The highest BCUT2D eigenvalue weighted by Crippen LogP contribution is 2.35. The topological polar surface area (TPSA) is 78.8 Å². The molecule has 210 valence electrons. The van der Waals surface area contributed by atoms with E-state index in [1.165, 1.54) is 21.7 Å². The molecule has 0 spiro atoms. The number of alkyl halides is 3. The zero-order chi connectivity index (χ0) is 28.6. The Bertz CT molecular complexity index is 1510. The van der Waals surface area contributed by atoms with Gasteiger partial charge in [-0.05, 0) is 53.2 Å². The van der Waals surface area contributed by atoms with Crippen molar-refractivity contribution in [1.82, 2.24) is 24.5 Å². The van der Waals surface area contributed by atoms with Crippen LogP contribution < -0.4 is 0 Å². The fourth-order valence-electron chi connectivity index (χ4n) is 4.81. The van der Waals surface area contributed by atoms with E-state index >= 15 is 0 Å². The second-order valence-electron chi connectivity index (χ2n) is 9.60. The first-order valence-corrected chi connectivity index (χ1v) is 13.7. The van der Waals surface area contributed by atoms with Crippen molar-refractivity contribution in [3.8, 4) is 0 Å². The van der Waals surface area contributed by atoms with Crippen LogP contribution in [0.25, 0.3) is 17.0 Å². The van der Waals surface area contributed by atoms with Crippen molar-refractivity contribution < 1.29 is 27.6 Å². The highest BCUT2D eigenvalue weighted by molar-refractivity contribution is 8.18. The summed E-state index contributed by atoms with van der Waals surface area (Å²) >= 11 is 6.67. The predicted molar refractivity (Wildman–Crippen MR) is 147 cm³/mol. The number of benzene rings is 2. The molecule has 2 aromatic carbocycles. The molecule has 1 aromatic heterocycles. The first-order chi connectivity index (χ1) is 19.0. The molecule has 8 nitrogen and oxygen atoms in total. The molecular weight excluding hydrogens is 567 g/mol. The van der Waals surface area contributed by atoms with E-state index in [-0.39, 0.29) is 40.7 Å². The SMILES string of the molecule is CC(=O)N1CCN(CCN2C(=O)SC(=Cc3ccc4c(cnn4Cc4ccc(Cl)cc4C(F)(F)F)c3)C2=O)CC1. The third-order valence-electron chi connectivity index (χ3n) is 6.99. The summed E-state index contributed by atoms with van der Waals surface area (Å²) in [5, 5.41) is 4.61. The van der Waals surface area contributed by atoms with Gasteiger partial charge in [0.1, 0.15) is 0 Å². The largest absolute Gasteiger partial charge is 0.416 e. The molecule has 13 heteroatoms. The van der Waals surface area contributed by atoms with Gasteiger partial charge in [-0.25, -0.2) is 0 Å². The number of halogens is 4. The quantitative estimate of drug-likeness (QED) is 0.377. The van der Waals surface area contributed by atoms with E-state index in [4.69, 9.17) is 11.6 Å². The molecule has 0 bridgehead atoms. The fourth-order valence-corrected chi connectivity index (χ4v) is 5.84. The molecule has 2 aliphatic heterocycles. The highest BCUT2D eigenvalue weighted by Gasteiger charge is 2.36. The van der Waals surface area contributed by atoms with E-state index in [9.17, 15) is 27.6 Å². The summed E-state index contributed by atoms with van der Waals surface area (Å²) in [5.41, 5.74) is 0.522. The van der Waals surface area contributed by atoms with Crippen molar-refractivity contribution in [2.75, 3.05) is 39.3 Å². The summed E-state index contributed by atoms with van der Waals surface area (Å²) < 4.78 is 42.0. The van der Waals surface area contributed by atoms with E-state index in [0.29, 0.717) is 54.1 Å².